The van der Waals surface area contributed by atoms with Crippen molar-refractivity contribution in [2.75, 3.05) is 0 Å². The van der Waals surface area contributed by atoms with Crippen molar-refractivity contribution in [3.05, 3.63) is 0 Å². The van der Waals surface area contributed by atoms with Gasteiger partial charge in [0.2, 0.25) is 0 Å². The van der Waals surface area contributed by atoms with Crippen LogP contribution in [0.2, 0.25) is 0 Å². The number of alkyl halides is 3. The van der Waals surface area contributed by atoms with E-state index in [-0.39, 0.29) is 5.84 Å². The lowest BCUT2D eigenvalue weighted by Gasteiger charge is -2.27. The molecule has 14 heavy (non-hydrogen) atoms. The summed E-state index contributed by atoms with van der Waals surface area (Å²) in [4.78, 5) is 3.52. The topological polar surface area (TPSA) is 38.4 Å². The van der Waals surface area contributed by atoms with Gasteiger partial charge in [0.1, 0.15) is 5.84 Å². The highest BCUT2D eigenvalue weighted by Crippen LogP contribution is 2.33. The van der Waals surface area contributed by atoms with Crippen LogP contribution in [-0.2, 0) is 0 Å². The Morgan fingerprint density at radius 1 is 1.00 bits per heavy atom. The summed E-state index contributed by atoms with van der Waals surface area (Å²) in [6.45, 7) is 7.17. The van der Waals surface area contributed by atoms with Gasteiger partial charge >= 0.3 is 6.18 Å². The molecule has 0 spiro atoms. The van der Waals surface area contributed by atoms with E-state index < -0.39 is 17.1 Å². The van der Waals surface area contributed by atoms with Crippen LogP contribution in [0, 0.1) is 5.41 Å². The normalized spacial score (nSPS) is 15.9. The van der Waals surface area contributed by atoms with Gasteiger partial charge in [-0.25, -0.2) is 0 Å². The molecule has 0 atom stereocenters. The molecule has 0 radical (unpaired) electrons. The van der Waals surface area contributed by atoms with Gasteiger partial charge in [-0.3, -0.25) is 4.99 Å². The number of hydrogen-bond donors (Lipinski definition) is 1. The van der Waals surface area contributed by atoms with E-state index in [2.05, 4.69) is 4.99 Å². The van der Waals surface area contributed by atoms with E-state index in [1.807, 2.05) is 0 Å². The summed E-state index contributed by atoms with van der Waals surface area (Å²) in [5.74, 6) is 0.0137. The van der Waals surface area contributed by atoms with Crippen molar-refractivity contribution in [1.29, 1.82) is 0 Å². The average Bonchev–Trinajstić information content (AvgIpc) is 1.80. The van der Waals surface area contributed by atoms with Crippen LogP contribution in [0.25, 0.3) is 0 Å². The monoisotopic (exact) mass is 210 g/mol. The minimum absolute atomic E-state index is 0.0137. The van der Waals surface area contributed by atoms with Crippen molar-refractivity contribution in [1.82, 2.24) is 0 Å². The molecule has 0 rings (SSSR count). The number of rotatable bonds is 1. The molecule has 0 heterocycles. The Morgan fingerprint density at radius 2 is 1.36 bits per heavy atom. The van der Waals surface area contributed by atoms with Crippen LogP contribution in [0.15, 0.2) is 4.99 Å². The predicted octanol–water partition coefficient (Wildman–Crippen LogP) is 2.73. The molecule has 2 nitrogen and oxygen atoms in total. The first kappa shape index (κ1) is 13.3. The summed E-state index contributed by atoms with van der Waals surface area (Å²) in [5, 5.41) is 0. The summed E-state index contributed by atoms with van der Waals surface area (Å²) in [5.41, 5.74) is 2.82. The number of amidine groups is 1. The molecule has 0 fully saturated rings. The Labute approximate surface area is 82.4 Å². The Balaban J connectivity index is 5.00. The Kier molecular flexibility index (Phi) is 3.26. The fourth-order valence-electron chi connectivity index (χ4n) is 0.532. The standard InChI is InChI=1S/C9H17F3N2/c1-7(2,3)6(13)14-8(4,5)9(10,11)12/h1-5H3,(H2,13,14). The molecule has 0 saturated heterocycles. The third-order valence-electron chi connectivity index (χ3n) is 1.86. The number of halogens is 3. The maximum Gasteiger partial charge on any atom is 0.413 e. The van der Waals surface area contributed by atoms with Gasteiger partial charge in [0, 0.05) is 5.41 Å². The first-order valence-electron chi connectivity index (χ1n) is 4.30. The van der Waals surface area contributed by atoms with Crippen molar-refractivity contribution in [3.63, 3.8) is 0 Å². The largest absolute Gasteiger partial charge is 0.413 e. The van der Waals surface area contributed by atoms with Crippen molar-refractivity contribution >= 4 is 5.84 Å². The van der Waals surface area contributed by atoms with Gasteiger partial charge in [-0.05, 0) is 13.8 Å². The number of nitrogens with zero attached hydrogens (tertiary/aromatic N) is 1. The maximum atomic E-state index is 12.4. The van der Waals surface area contributed by atoms with E-state index in [1.54, 1.807) is 20.8 Å². The van der Waals surface area contributed by atoms with Gasteiger partial charge < -0.3 is 5.73 Å². The molecule has 0 aromatic rings. The van der Waals surface area contributed by atoms with E-state index >= 15 is 0 Å². The molecule has 2 N–H and O–H groups in total. The van der Waals surface area contributed by atoms with E-state index in [0.29, 0.717) is 0 Å². The molecule has 0 aromatic heterocycles. The summed E-state index contributed by atoms with van der Waals surface area (Å²) in [7, 11) is 0. The average molecular weight is 210 g/mol. The van der Waals surface area contributed by atoms with Gasteiger partial charge in [0.05, 0.1) is 0 Å². The molecule has 0 aliphatic heterocycles. The van der Waals surface area contributed by atoms with Gasteiger partial charge in [0.15, 0.2) is 5.54 Å². The molecule has 5 heteroatoms. The first-order chi connectivity index (χ1) is 5.88. The van der Waals surface area contributed by atoms with Crippen LogP contribution in [0.4, 0.5) is 13.2 Å². The molecular formula is C9H17F3N2. The van der Waals surface area contributed by atoms with Gasteiger partial charge in [-0.2, -0.15) is 13.2 Å². The van der Waals surface area contributed by atoms with Crippen LogP contribution < -0.4 is 5.73 Å². The van der Waals surface area contributed by atoms with Crippen LogP contribution >= 0.6 is 0 Å². The van der Waals surface area contributed by atoms with E-state index in [4.69, 9.17) is 5.73 Å². The zero-order valence-corrected chi connectivity index (χ0v) is 9.16. The smallest absolute Gasteiger partial charge is 0.387 e. The highest BCUT2D eigenvalue weighted by atomic mass is 19.4. The second-order valence-electron chi connectivity index (χ2n) is 4.80. The summed E-state index contributed by atoms with van der Waals surface area (Å²) in [6.07, 6.45) is -4.37. The van der Waals surface area contributed by atoms with E-state index in [1.165, 1.54) is 0 Å². The zero-order chi connectivity index (χ0) is 11.8. The minimum Gasteiger partial charge on any atom is -0.387 e. The number of nitrogens with two attached hydrogens (primary N) is 1. The van der Waals surface area contributed by atoms with Crippen molar-refractivity contribution in [2.45, 2.75) is 46.3 Å². The molecule has 0 saturated carbocycles. The van der Waals surface area contributed by atoms with Crippen LogP contribution in [0.5, 0.6) is 0 Å². The molecule has 0 amide bonds. The summed E-state index contributed by atoms with van der Waals surface area (Å²) >= 11 is 0. The fraction of sp³-hybridized carbons (Fsp3) is 0.889. The highest BCUT2D eigenvalue weighted by molar-refractivity contribution is 5.85. The lowest BCUT2D eigenvalue weighted by atomic mass is 9.94. The molecule has 0 aliphatic carbocycles. The second kappa shape index (κ2) is 3.44. The Morgan fingerprint density at radius 3 is 1.57 bits per heavy atom. The van der Waals surface area contributed by atoms with Crippen molar-refractivity contribution < 1.29 is 13.2 Å². The molecule has 0 bridgehead atoms. The fourth-order valence-corrected chi connectivity index (χ4v) is 0.532. The molecule has 0 aliphatic rings. The van der Waals surface area contributed by atoms with Gasteiger partial charge in [-0.1, -0.05) is 20.8 Å². The van der Waals surface area contributed by atoms with Crippen molar-refractivity contribution in [2.24, 2.45) is 16.1 Å². The maximum absolute atomic E-state index is 12.4. The molecule has 0 aromatic carbocycles. The molecule has 0 unspecified atom stereocenters. The first-order valence-corrected chi connectivity index (χ1v) is 4.30. The van der Waals surface area contributed by atoms with Gasteiger partial charge in [0.25, 0.3) is 0 Å². The highest BCUT2D eigenvalue weighted by Gasteiger charge is 2.48. The quantitative estimate of drug-likeness (QED) is 0.524. The Bertz CT molecular complexity index is 233. The Hall–Kier alpha value is -0.740. The third-order valence-corrected chi connectivity index (χ3v) is 1.86. The minimum atomic E-state index is -4.37. The van der Waals surface area contributed by atoms with Crippen molar-refractivity contribution in [3.8, 4) is 0 Å². The second-order valence-corrected chi connectivity index (χ2v) is 4.80. The molecular weight excluding hydrogens is 193 g/mol. The summed E-state index contributed by atoms with van der Waals surface area (Å²) in [6, 6.07) is 0. The van der Waals surface area contributed by atoms with Crippen LogP contribution in [0.3, 0.4) is 0 Å². The van der Waals surface area contributed by atoms with E-state index in [0.717, 1.165) is 13.8 Å². The van der Waals surface area contributed by atoms with Crippen LogP contribution in [0.1, 0.15) is 34.6 Å². The number of hydrogen-bond acceptors (Lipinski definition) is 1. The number of aliphatic imine (C=N–C) groups is 1. The van der Waals surface area contributed by atoms with Gasteiger partial charge in [-0.15, -0.1) is 0 Å². The summed E-state index contributed by atoms with van der Waals surface area (Å²) < 4.78 is 37.3. The lowest BCUT2D eigenvalue weighted by molar-refractivity contribution is -0.174. The predicted molar refractivity (Wildman–Crippen MR) is 51.2 cm³/mol. The third kappa shape index (κ3) is 3.20. The zero-order valence-electron chi connectivity index (χ0n) is 9.16. The molecule has 84 valence electrons. The van der Waals surface area contributed by atoms with Crippen LogP contribution in [-0.4, -0.2) is 17.6 Å². The van der Waals surface area contributed by atoms with E-state index in [9.17, 15) is 13.2 Å². The SMILES string of the molecule is CC(C)(C)C(N)=NC(C)(C)C(F)(F)F. The lowest BCUT2D eigenvalue weighted by Crippen LogP contribution is -2.41.